The van der Waals surface area contributed by atoms with Crippen LogP contribution < -0.4 is 5.73 Å². The molecule has 11 heavy (non-hydrogen) atoms. The number of ether oxygens (including phenoxy) is 1. The lowest BCUT2D eigenvalue weighted by Gasteiger charge is -2.08. The second-order valence-corrected chi connectivity index (χ2v) is 3.92. The molecule has 1 heterocycles. The molecule has 0 radical (unpaired) electrons. The summed E-state index contributed by atoms with van der Waals surface area (Å²) in [7, 11) is 1.69. The highest BCUT2D eigenvalue weighted by Gasteiger charge is 2.12. The number of nitrogens with zero attached hydrogens (tertiary/aromatic N) is 1. The highest BCUT2D eigenvalue weighted by atomic mass is 127. The molecular weight excluding hydrogens is 255 g/mol. The van der Waals surface area contributed by atoms with Gasteiger partial charge in [0.1, 0.15) is 5.76 Å². The molecule has 3 nitrogen and oxygen atoms in total. The van der Waals surface area contributed by atoms with E-state index in [1.165, 1.54) is 0 Å². The first-order valence-corrected chi connectivity index (χ1v) is 4.61. The average molecular weight is 268 g/mol. The second kappa shape index (κ2) is 4.15. The molecule has 64 valence electrons. The topological polar surface area (TPSA) is 38.5 Å². The second-order valence-electron chi connectivity index (χ2n) is 2.68. The van der Waals surface area contributed by atoms with Crippen molar-refractivity contribution in [2.45, 2.75) is 18.9 Å². The van der Waals surface area contributed by atoms with Crippen molar-refractivity contribution in [3.05, 3.63) is 12.0 Å². The quantitative estimate of drug-likeness (QED) is 0.574. The fourth-order valence-corrected chi connectivity index (χ4v) is 1.65. The zero-order valence-corrected chi connectivity index (χ0v) is 8.74. The van der Waals surface area contributed by atoms with E-state index in [1.54, 1.807) is 7.11 Å². The molecule has 1 aliphatic rings. The van der Waals surface area contributed by atoms with Crippen LogP contribution in [0.5, 0.6) is 0 Å². The number of hydrogen-bond donors (Lipinski definition) is 1. The van der Waals surface area contributed by atoms with E-state index in [1.807, 2.05) is 6.20 Å². The number of halogens is 1. The van der Waals surface area contributed by atoms with Crippen molar-refractivity contribution in [3.63, 3.8) is 0 Å². The Hall–Kier alpha value is 0.0300. The third kappa shape index (κ3) is 2.86. The lowest BCUT2D eigenvalue weighted by Crippen LogP contribution is -2.21. The molecule has 1 unspecified atom stereocenters. The van der Waals surface area contributed by atoms with Crippen molar-refractivity contribution in [2.75, 3.05) is 13.7 Å². The fourth-order valence-electron chi connectivity index (χ4n) is 1.06. The van der Waals surface area contributed by atoms with Crippen LogP contribution in [-0.2, 0) is 4.74 Å². The Labute approximate surface area is 81.1 Å². The van der Waals surface area contributed by atoms with Crippen molar-refractivity contribution in [2.24, 2.45) is 5.73 Å². The predicted molar refractivity (Wildman–Crippen MR) is 53.0 cm³/mol. The standard InChI is InChI=1S/C7H13IN2O/c1-11-7-4-6(9)2-3-10(8)5-7/h5-6H,2-4,9H2,1H3. The minimum atomic E-state index is 0.251. The summed E-state index contributed by atoms with van der Waals surface area (Å²) in [6, 6.07) is 0.251. The van der Waals surface area contributed by atoms with Gasteiger partial charge in [0.05, 0.1) is 30.0 Å². The van der Waals surface area contributed by atoms with Crippen molar-refractivity contribution in [1.29, 1.82) is 0 Å². The van der Waals surface area contributed by atoms with Gasteiger partial charge in [0.15, 0.2) is 0 Å². The number of nitrogens with two attached hydrogens (primary N) is 1. The number of rotatable bonds is 1. The van der Waals surface area contributed by atoms with Gasteiger partial charge in [-0.3, -0.25) is 0 Å². The maximum absolute atomic E-state index is 5.81. The van der Waals surface area contributed by atoms with Crippen molar-refractivity contribution in [3.8, 4) is 0 Å². The molecule has 0 bridgehead atoms. The summed E-state index contributed by atoms with van der Waals surface area (Å²) in [6.45, 7) is 1.01. The molecule has 0 spiro atoms. The highest BCUT2D eigenvalue weighted by Crippen LogP contribution is 2.16. The molecule has 1 aliphatic heterocycles. The SMILES string of the molecule is COC1=CN(I)CCC(N)C1. The largest absolute Gasteiger partial charge is 0.500 e. The van der Waals surface area contributed by atoms with Gasteiger partial charge >= 0.3 is 0 Å². The Morgan fingerprint density at radius 1 is 1.82 bits per heavy atom. The van der Waals surface area contributed by atoms with E-state index in [2.05, 4.69) is 26.0 Å². The first-order chi connectivity index (χ1) is 5.22. The smallest absolute Gasteiger partial charge is 0.114 e. The number of hydrogen-bond acceptors (Lipinski definition) is 3. The van der Waals surface area contributed by atoms with E-state index in [0.717, 1.165) is 25.1 Å². The van der Waals surface area contributed by atoms with Gasteiger partial charge in [-0.2, -0.15) is 0 Å². The van der Waals surface area contributed by atoms with Gasteiger partial charge in [-0.25, -0.2) is 0 Å². The van der Waals surface area contributed by atoms with Crippen LogP contribution >= 0.6 is 22.9 Å². The van der Waals surface area contributed by atoms with Gasteiger partial charge < -0.3 is 13.6 Å². The first kappa shape index (κ1) is 9.12. The Kier molecular flexibility index (Phi) is 3.45. The van der Waals surface area contributed by atoms with E-state index in [0.29, 0.717) is 0 Å². The van der Waals surface area contributed by atoms with Crippen molar-refractivity contribution >= 4 is 22.9 Å². The Balaban J connectivity index is 2.58. The van der Waals surface area contributed by atoms with Crippen LogP contribution in [0.15, 0.2) is 12.0 Å². The minimum Gasteiger partial charge on any atom is -0.500 e. The lowest BCUT2D eigenvalue weighted by molar-refractivity contribution is 0.269. The molecular formula is C7H13IN2O. The van der Waals surface area contributed by atoms with Crippen LogP contribution in [0.3, 0.4) is 0 Å². The van der Waals surface area contributed by atoms with Gasteiger partial charge in [0.2, 0.25) is 0 Å². The van der Waals surface area contributed by atoms with Crippen LogP contribution in [-0.4, -0.2) is 22.8 Å². The van der Waals surface area contributed by atoms with Gasteiger partial charge in [0, 0.05) is 25.2 Å². The summed E-state index contributed by atoms with van der Waals surface area (Å²) in [5.74, 6) is 0.976. The normalized spacial score (nSPS) is 25.9. The van der Waals surface area contributed by atoms with Crippen LogP contribution in [0, 0.1) is 0 Å². The maximum atomic E-state index is 5.81. The predicted octanol–water partition coefficient (Wildman–Crippen LogP) is 1.25. The van der Waals surface area contributed by atoms with Crippen LogP contribution in [0.4, 0.5) is 0 Å². The molecule has 0 aromatic heterocycles. The molecule has 0 fully saturated rings. The Bertz CT molecular complexity index is 161. The maximum Gasteiger partial charge on any atom is 0.114 e. The van der Waals surface area contributed by atoms with Gasteiger partial charge in [-0.05, 0) is 6.42 Å². The van der Waals surface area contributed by atoms with E-state index in [9.17, 15) is 0 Å². The summed E-state index contributed by atoms with van der Waals surface area (Å²) >= 11 is 2.25. The van der Waals surface area contributed by atoms with Crippen LogP contribution in [0.1, 0.15) is 12.8 Å². The van der Waals surface area contributed by atoms with Gasteiger partial charge in [0.25, 0.3) is 0 Å². The molecule has 0 saturated carbocycles. The molecule has 0 aliphatic carbocycles. The third-order valence-corrected chi connectivity index (χ3v) is 2.48. The fraction of sp³-hybridized carbons (Fsp3) is 0.714. The minimum absolute atomic E-state index is 0.251. The molecule has 0 amide bonds. The molecule has 0 saturated heterocycles. The molecule has 1 rings (SSSR count). The zero-order valence-electron chi connectivity index (χ0n) is 6.59. The highest BCUT2D eigenvalue weighted by molar-refractivity contribution is 14.1. The summed E-state index contributed by atoms with van der Waals surface area (Å²) in [4.78, 5) is 0. The monoisotopic (exact) mass is 268 g/mol. The summed E-state index contributed by atoms with van der Waals surface area (Å²) < 4.78 is 7.23. The van der Waals surface area contributed by atoms with Crippen LogP contribution in [0.25, 0.3) is 0 Å². The van der Waals surface area contributed by atoms with E-state index in [4.69, 9.17) is 10.5 Å². The molecule has 2 N–H and O–H groups in total. The molecule has 4 heteroatoms. The van der Waals surface area contributed by atoms with E-state index < -0.39 is 0 Å². The lowest BCUT2D eigenvalue weighted by atomic mass is 10.1. The van der Waals surface area contributed by atoms with E-state index in [-0.39, 0.29) is 6.04 Å². The Morgan fingerprint density at radius 2 is 2.55 bits per heavy atom. The van der Waals surface area contributed by atoms with Crippen molar-refractivity contribution in [1.82, 2.24) is 3.11 Å². The van der Waals surface area contributed by atoms with Gasteiger partial charge in [-0.1, -0.05) is 0 Å². The van der Waals surface area contributed by atoms with Crippen LogP contribution in [0.2, 0.25) is 0 Å². The summed E-state index contributed by atoms with van der Waals surface area (Å²) in [5.41, 5.74) is 5.81. The summed E-state index contributed by atoms with van der Waals surface area (Å²) in [6.07, 6.45) is 3.90. The first-order valence-electron chi connectivity index (χ1n) is 3.65. The van der Waals surface area contributed by atoms with Crippen molar-refractivity contribution < 1.29 is 4.74 Å². The Morgan fingerprint density at radius 3 is 3.18 bits per heavy atom. The summed E-state index contributed by atoms with van der Waals surface area (Å²) in [5, 5.41) is 0. The number of methoxy groups -OCH3 is 1. The molecule has 0 aromatic carbocycles. The van der Waals surface area contributed by atoms with Gasteiger partial charge in [-0.15, -0.1) is 0 Å². The van der Waals surface area contributed by atoms with E-state index >= 15 is 0 Å². The third-order valence-electron chi connectivity index (χ3n) is 1.72. The average Bonchev–Trinajstić information content (AvgIpc) is 2.13. The zero-order chi connectivity index (χ0) is 8.27. The molecule has 1 atom stereocenters. The molecule has 0 aromatic rings.